The summed E-state index contributed by atoms with van der Waals surface area (Å²) in [5.41, 5.74) is 0.685. The second-order valence-corrected chi connectivity index (χ2v) is 4.35. The Labute approximate surface area is 104 Å². The third kappa shape index (κ3) is 1.81. The molecule has 0 aliphatic carbocycles. The lowest BCUT2D eigenvalue weighted by Crippen LogP contribution is -1.97. The van der Waals surface area contributed by atoms with E-state index in [1.54, 1.807) is 18.2 Å². The Balaban J connectivity index is 2.84. The van der Waals surface area contributed by atoms with Gasteiger partial charge in [-0.2, -0.15) is 0 Å². The number of Topliss-reactive ketones (excluding diaryl/α,β-unsaturated/α-hetero) is 1. The molecule has 0 bridgehead atoms. The molecule has 0 spiro atoms. The summed E-state index contributed by atoms with van der Waals surface area (Å²) in [6.45, 7) is 1.84. The van der Waals surface area contributed by atoms with Crippen LogP contribution in [0.5, 0.6) is 0 Å². The van der Waals surface area contributed by atoms with Crippen molar-refractivity contribution < 1.29 is 4.79 Å². The maximum atomic E-state index is 11.8. The van der Waals surface area contributed by atoms with Crippen molar-refractivity contribution in [3.8, 4) is 0 Å². The van der Waals surface area contributed by atoms with Crippen LogP contribution >= 0.6 is 23.2 Å². The van der Waals surface area contributed by atoms with E-state index >= 15 is 0 Å². The van der Waals surface area contributed by atoms with Crippen molar-refractivity contribution in [2.75, 3.05) is 0 Å². The molecule has 0 atom stereocenters. The van der Waals surface area contributed by atoms with Gasteiger partial charge in [0.15, 0.2) is 5.78 Å². The van der Waals surface area contributed by atoms with Gasteiger partial charge in [-0.05, 0) is 23.6 Å². The van der Waals surface area contributed by atoms with E-state index in [0.717, 1.165) is 10.8 Å². The summed E-state index contributed by atoms with van der Waals surface area (Å²) in [5.74, 6) is 0.101. The quantitative estimate of drug-likeness (QED) is 0.706. The maximum absolute atomic E-state index is 11.8. The Morgan fingerprint density at radius 1 is 1.12 bits per heavy atom. The molecule has 1 nitrogen and oxygen atoms in total. The Kier molecular flexibility index (Phi) is 3.17. The number of carbonyl (C=O) groups excluding carboxylic acids is 1. The molecule has 16 heavy (non-hydrogen) atoms. The normalized spacial score (nSPS) is 10.7. The molecule has 2 aromatic rings. The summed E-state index contributed by atoms with van der Waals surface area (Å²) in [4.78, 5) is 11.8. The van der Waals surface area contributed by atoms with E-state index in [1.807, 2.05) is 19.1 Å². The molecule has 0 heterocycles. The molecule has 0 saturated carbocycles. The molecule has 0 unspecified atom stereocenters. The van der Waals surface area contributed by atoms with Crippen LogP contribution in [-0.2, 0) is 0 Å². The lowest BCUT2D eigenvalue weighted by Gasteiger charge is -2.07. The van der Waals surface area contributed by atoms with Crippen LogP contribution in [0.4, 0.5) is 0 Å². The molecule has 0 N–H and O–H groups in total. The van der Waals surface area contributed by atoms with E-state index < -0.39 is 0 Å². The fourth-order valence-electron chi connectivity index (χ4n) is 1.75. The molecule has 82 valence electrons. The third-order valence-electron chi connectivity index (χ3n) is 2.56. The topological polar surface area (TPSA) is 17.1 Å². The number of rotatable bonds is 2. The Bertz CT molecular complexity index is 553. The van der Waals surface area contributed by atoms with Gasteiger partial charge in [0.25, 0.3) is 0 Å². The second kappa shape index (κ2) is 4.44. The number of carbonyl (C=O) groups is 1. The van der Waals surface area contributed by atoms with Gasteiger partial charge in [0.05, 0.1) is 0 Å². The van der Waals surface area contributed by atoms with Gasteiger partial charge in [-0.15, -0.1) is 0 Å². The van der Waals surface area contributed by atoms with Crippen molar-refractivity contribution in [3.63, 3.8) is 0 Å². The van der Waals surface area contributed by atoms with Crippen LogP contribution < -0.4 is 0 Å². The minimum Gasteiger partial charge on any atom is -0.294 e. The molecule has 0 amide bonds. The van der Waals surface area contributed by atoms with Gasteiger partial charge in [-0.3, -0.25) is 4.79 Å². The van der Waals surface area contributed by atoms with E-state index in [-0.39, 0.29) is 5.78 Å². The summed E-state index contributed by atoms with van der Waals surface area (Å²) in [5, 5.41) is 2.73. The first kappa shape index (κ1) is 11.4. The highest BCUT2D eigenvalue weighted by molar-refractivity contribution is 6.42. The van der Waals surface area contributed by atoms with Crippen LogP contribution in [0.2, 0.25) is 10.0 Å². The Morgan fingerprint density at radius 2 is 1.81 bits per heavy atom. The van der Waals surface area contributed by atoms with E-state index in [0.29, 0.717) is 22.0 Å². The van der Waals surface area contributed by atoms with Crippen LogP contribution in [0.25, 0.3) is 10.8 Å². The van der Waals surface area contributed by atoms with E-state index in [2.05, 4.69) is 0 Å². The lowest BCUT2D eigenvalue weighted by molar-refractivity contribution is 0.0990. The molecule has 0 aliphatic heterocycles. The maximum Gasteiger partial charge on any atom is 0.163 e. The largest absolute Gasteiger partial charge is 0.294 e. The molecule has 2 aromatic carbocycles. The number of benzene rings is 2. The van der Waals surface area contributed by atoms with Crippen molar-refractivity contribution in [2.24, 2.45) is 0 Å². The molecule has 0 aromatic heterocycles. The van der Waals surface area contributed by atoms with Gasteiger partial charge in [0.1, 0.15) is 0 Å². The van der Waals surface area contributed by atoms with Gasteiger partial charge in [0, 0.05) is 27.4 Å². The Hall–Kier alpha value is -1.05. The monoisotopic (exact) mass is 252 g/mol. The first-order chi connectivity index (χ1) is 7.65. The number of halogens is 2. The molecular weight excluding hydrogens is 243 g/mol. The summed E-state index contributed by atoms with van der Waals surface area (Å²) >= 11 is 12.2. The SMILES string of the molecule is CCC(=O)c1ccc(Cl)c2c(Cl)cccc12. The van der Waals surface area contributed by atoms with Crippen molar-refractivity contribution in [1.29, 1.82) is 0 Å². The highest BCUT2D eigenvalue weighted by Crippen LogP contribution is 2.32. The van der Waals surface area contributed by atoms with Crippen LogP contribution in [0.15, 0.2) is 30.3 Å². The summed E-state index contributed by atoms with van der Waals surface area (Å²) in [6.07, 6.45) is 0.475. The standard InChI is InChI=1S/C13H10Cl2O/c1-2-12(16)8-6-7-11(15)13-9(8)4-3-5-10(13)14/h3-7H,2H2,1H3. The zero-order chi connectivity index (χ0) is 11.7. The average Bonchev–Trinajstić information content (AvgIpc) is 2.28. The molecular formula is C13H10Cl2O. The summed E-state index contributed by atoms with van der Waals surface area (Å²) in [6, 6.07) is 8.95. The summed E-state index contributed by atoms with van der Waals surface area (Å²) in [7, 11) is 0. The van der Waals surface area contributed by atoms with Crippen molar-refractivity contribution >= 4 is 39.8 Å². The number of fused-ring (bicyclic) bond motifs is 1. The highest BCUT2D eigenvalue weighted by atomic mass is 35.5. The molecule has 3 heteroatoms. The van der Waals surface area contributed by atoms with Gasteiger partial charge >= 0.3 is 0 Å². The predicted octanol–water partition coefficient (Wildman–Crippen LogP) is 4.74. The van der Waals surface area contributed by atoms with Gasteiger partial charge < -0.3 is 0 Å². The Morgan fingerprint density at radius 3 is 2.50 bits per heavy atom. The second-order valence-electron chi connectivity index (χ2n) is 3.53. The predicted molar refractivity (Wildman–Crippen MR) is 68.6 cm³/mol. The fourth-order valence-corrected chi connectivity index (χ4v) is 2.35. The van der Waals surface area contributed by atoms with Crippen molar-refractivity contribution in [2.45, 2.75) is 13.3 Å². The minimum atomic E-state index is 0.101. The fraction of sp³-hybridized carbons (Fsp3) is 0.154. The number of ketones is 1. The van der Waals surface area contributed by atoms with Crippen LogP contribution in [0.3, 0.4) is 0 Å². The minimum absolute atomic E-state index is 0.101. The first-order valence-electron chi connectivity index (χ1n) is 5.05. The molecule has 2 rings (SSSR count). The molecule has 0 fully saturated rings. The smallest absolute Gasteiger partial charge is 0.163 e. The van der Waals surface area contributed by atoms with Gasteiger partial charge in [0.2, 0.25) is 0 Å². The molecule has 0 aliphatic rings. The highest BCUT2D eigenvalue weighted by Gasteiger charge is 2.11. The van der Waals surface area contributed by atoms with Crippen LogP contribution in [0, 0.1) is 0 Å². The van der Waals surface area contributed by atoms with Crippen molar-refractivity contribution in [1.82, 2.24) is 0 Å². The van der Waals surface area contributed by atoms with Crippen LogP contribution in [-0.4, -0.2) is 5.78 Å². The van der Waals surface area contributed by atoms with E-state index in [9.17, 15) is 4.79 Å². The van der Waals surface area contributed by atoms with Crippen molar-refractivity contribution in [3.05, 3.63) is 45.9 Å². The van der Waals surface area contributed by atoms with Crippen LogP contribution in [0.1, 0.15) is 23.7 Å². The number of hydrogen-bond acceptors (Lipinski definition) is 1. The zero-order valence-electron chi connectivity index (χ0n) is 8.76. The van der Waals surface area contributed by atoms with Gasteiger partial charge in [-0.25, -0.2) is 0 Å². The summed E-state index contributed by atoms with van der Waals surface area (Å²) < 4.78 is 0. The first-order valence-corrected chi connectivity index (χ1v) is 5.80. The third-order valence-corrected chi connectivity index (χ3v) is 3.19. The van der Waals surface area contributed by atoms with E-state index in [4.69, 9.17) is 23.2 Å². The van der Waals surface area contributed by atoms with E-state index in [1.165, 1.54) is 0 Å². The molecule has 0 radical (unpaired) electrons. The average molecular weight is 253 g/mol. The lowest BCUT2D eigenvalue weighted by atomic mass is 10.0. The zero-order valence-corrected chi connectivity index (χ0v) is 10.3. The number of hydrogen-bond donors (Lipinski definition) is 0. The van der Waals surface area contributed by atoms with Gasteiger partial charge in [-0.1, -0.05) is 42.3 Å². The molecule has 0 saturated heterocycles.